The summed E-state index contributed by atoms with van der Waals surface area (Å²) in [6, 6.07) is 0. The van der Waals surface area contributed by atoms with E-state index in [1.54, 1.807) is 13.8 Å². The Bertz CT molecular complexity index is 285. The highest BCUT2D eigenvalue weighted by Gasteiger charge is 2.22. The van der Waals surface area contributed by atoms with Gasteiger partial charge in [0.05, 0.1) is 19.4 Å². The molecule has 0 bridgehead atoms. The number of rotatable bonds is 12. The zero-order chi connectivity index (χ0) is 13.7. The molecule has 0 rings (SSSR count). The van der Waals surface area contributed by atoms with E-state index in [9.17, 15) is 4.57 Å². The molecule has 0 unspecified atom stereocenters. The summed E-state index contributed by atoms with van der Waals surface area (Å²) < 4.78 is 27.5. The van der Waals surface area contributed by atoms with Crippen LogP contribution in [0.15, 0.2) is 5.11 Å². The molecule has 0 saturated carbocycles. The molecule has 18 heavy (non-hydrogen) atoms. The molecule has 0 N–H and O–H groups in total. The van der Waals surface area contributed by atoms with Crippen LogP contribution in [0.2, 0.25) is 0 Å². The largest absolute Gasteiger partial charge is 0.375 e. The fourth-order valence-corrected chi connectivity index (χ4v) is 3.11. The molecule has 0 aromatic heterocycles. The van der Waals surface area contributed by atoms with E-state index < -0.39 is 7.60 Å². The Morgan fingerprint density at radius 3 is 2.39 bits per heavy atom. The van der Waals surface area contributed by atoms with Gasteiger partial charge >= 0.3 is 7.60 Å². The third-order valence-electron chi connectivity index (χ3n) is 2.08. The highest BCUT2D eigenvalue weighted by molar-refractivity contribution is 7.53. The van der Waals surface area contributed by atoms with Gasteiger partial charge in [0.15, 0.2) is 0 Å². The minimum absolute atomic E-state index is 0.0624. The first-order valence-electron chi connectivity index (χ1n) is 6.15. The molecule has 0 spiro atoms. The van der Waals surface area contributed by atoms with E-state index in [1.165, 1.54) is 0 Å². The second kappa shape index (κ2) is 11.5. The zero-order valence-electron chi connectivity index (χ0n) is 11.1. The second-order valence-electron chi connectivity index (χ2n) is 3.50. The van der Waals surface area contributed by atoms with Gasteiger partial charge in [0.1, 0.15) is 6.73 Å². The van der Waals surface area contributed by atoms with Crippen LogP contribution >= 0.6 is 7.60 Å². The lowest BCUT2D eigenvalue weighted by atomic mass is 10.3. The molecule has 7 nitrogen and oxygen atoms in total. The summed E-state index contributed by atoms with van der Waals surface area (Å²) in [5, 5.41) is 3.25. The molecule has 8 heteroatoms. The van der Waals surface area contributed by atoms with Crippen LogP contribution in [0, 0.1) is 0 Å². The van der Waals surface area contributed by atoms with Crippen molar-refractivity contribution >= 4 is 7.60 Å². The Morgan fingerprint density at radius 1 is 1.17 bits per heavy atom. The second-order valence-corrected chi connectivity index (χ2v) is 5.68. The van der Waals surface area contributed by atoms with Gasteiger partial charge in [-0.05, 0) is 32.2 Å². The Morgan fingerprint density at radius 2 is 1.83 bits per heavy atom. The summed E-state index contributed by atoms with van der Waals surface area (Å²) in [5.74, 6) is 0. The standard InChI is InChI=1S/C10H22N3O4P/c1-3-16-18(14,17-4-2)9-7-5-6-8-15-10-12-13-11/h3-10H2,1-2H3. The maximum Gasteiger partial charge on any atom is 0.330 e. The maximum atomic E-state index is 12.1. The lowest BCUT2D eigenvalue weighted by molar-refractivity contribution is 0.136. The fraction of sp³-hybridized carbons (Fsp3) is 1.00. The third-order valence-corrected chi connectivity index (χ3v) is 4.25. The van der Waals surface area contributed by atoms with Crippen LogP contribution < -0.4 is 0 Å². The molecule has 0 aromatic rings. The van der Waals surface area contributed by atoms with Gasteiger partial charge in [-0.2, -0.15) is 0 Å². The van der Waals surface area contributed by atoms with Crippen molar-refractivity contribution in [2.24, 2.45) is 5.11 Å². The topological polar surface area (TPSA) is 93.5 Å². The molecular formula is C10H22N3O4P. The molecule has 0 aliphatic rings. The Labute approximate surface area is 108 Å². The van der Waals surface area contributed by atoms with Gasteiger partial charge in [0.2, 0.25) is 0 Å². The molecule has 0 amide bonds. The van der Waals surface area contributed by atoms with Crippen LogP contribution in [0.25, 0.3) is 10.4 Å². The quantitative estimate of drug-likeness (QED) is 0.179. The minimum Gasteiger partial charge on any atom is -0.375 e. The molecule has 0 atom stereocenters. The van der Waals surface area contributed by atoms with Gasteiger partial charge in [0.25, 0.3) is 0 Å². The Kier molecular flexibility index (Phi) is 11.1. The molecule has 0 saturated heterocycles. The first-order chi connectivity index (χ1) is 8.68. The van der Waals surface area contributed by atoms with Crippen molar-refractivity contribution in [2.45, 2.75) is 33.1 Å². The fourth-order valence-electron chi connectivity index (χ4n) is 1.38. The van der Waals surface area contributed by atoms with Gasteiger partial charge in [-0.1, -0.05) is 11.5 Å². The van der Waals surface area contributed by atoms with Crippen molar-refractivity contribution in [1.29, 1.82) is 0 Å². The van der Waals surface area contributed by atoms with Crippen molar-refractivity contribution in [2.75, 3.05) is 32.7 Å². The number of hydrogen-bond acceptors (Lipinski definition) is 5. The molecule has 0 aromatic carbocycles. The summed E-state index contributed by atoms with van der Waals surface area (Å²) in [6.07, 6.45) is 2.91. The summed E-state index contributed by atoms with van der Waals surface area (Å²) in [7, 11) is -2.89. The smallest absolute Gasteiger partial charge is 0.330 e. The van der Waals surface area contributed by atoms with Crippen molar-refractivity contribution in [3.05, 3.63) is 10.4 Å². The number of hydrogen-bond donors (Lipinski definition) is 0. The van der Waals surface area contributed by atoms with Crippen LogP contribution in [0.3, 0.4) is 0 Å². The van der Waals surface area contributed by atoms with Crippen LogP contribution in [-0.2, 0) is 18.3 Å². The Balaban J connectivity index is 3.61. The van der Waals surface area contributed by atoms with Crippen LogP contribution in [-0.4, -0.2) is 32.7 Å². The van der Waals surface area contributed by atoms with Gasteiger partial charge in [-0.3, -0.25) is 4.57 Å². The van der Waals surface area contributed by atoms with Crippen LogP contribution in [0.4, 0.5) is 0 Å². The predicted octanol–water partition coefficient (Wildman–Crippen LogP) is 3.71. The van der Waals surface area contributed by atoms with Gasteiger partial charge < -0.3 is 13.8 Å². The molecule has 0 aliphatic heterocycles. The SMILES string of the molecule is CCOP(=O)(CCCCCOCN=[N+]=[N-])OCC. The van der Waals surface area contributed by atoms with E-state index >= 15 is 0 Å². The molecule has 106 valence electrons. The van der Waals surface area contributed by atoms with Crippen molar-refractivity contribution < 1.29 is 18.3 Å². The number of nitrogens with zero attached hydrogens (tertiary/aromatic N) is 3. The van der Waals surface area contributed by atoms with Crippen molar-refractivity contribution in [1.82, 2.24) is 0 Å². The van der Waals surface area contributed by atoms with Crippen molar-refractivity contribution in [3.8, 4) is 0 Å². The van der Waals surface area contributed by atoms with E-state index in [0.717, 1.165) is 19.3 Å². The van der Waals surface area contributed by atoms with Gasteiger partial charge in [-0.25, -0.2) is 0 Å². The van der Waals surface area contributed by atoms with E-state index in [2.05, 4.69) is 10.0 Å². The summed E-state index contributed by atoms with van der Waals surface area (Å²) >= 11 is 0. The lowest BCUT2D eigenvalue weighted by Gasteiger charge is -2.16. The van der Waals surface area contributed by atoms with E-state index in [0.29, 0.717) is 26.0 Å². The molecule has 0 fully saturated rings. The normalized spacial score (nSPS) is 11.2. The molecule has 0 heterocycles. The van der Waals surface area contributed by atoms with Crippen molar-refractivity contribution in [3.63, 3.8) is 0 Å². The molecule has 0 radical (unpaired) electrons. The number of azide groups is 1. The monoisotopic (exact) mass is 279 g/mol. The van der Waals surface area contributed by atoms with Crippen LogP contribution in [0.1, 0.15) is 33.1 Å². The lowest BCUT2D eigenvalue weighted by Crippen LogP contribution is -2.01. The van der Waals surface area contributed by atoms with Gasteiger partial charge in [0, 0.05) is 11.5 Å². The first kappa shape index (κ1) is 17.4. The summed E-state index contributed by atoms with van der Waals surface area (Å²) in [5.41, 5.74) is 8.02. The van der Waals surface area contributed by atoms with E-state index in [1.807, 2.05) is 0 Å². The highest BCUT2D eigenvalue weighted by Crippen LogP contribution is 2.48. The van der Waals surface area contributed by atoms with E-state index in [-0.39, 0.29) is 6.73 Å². The molecule has 0 aliphatic carbocycles. The van der Waals surface area contributed by atoms with Crippen LogP contribution in [0.5, 0.6) is 0 Å². The summed E-state index contributed by atoms with van der Waals surface area (Å²) in [6.45, 7) is 4.99. The number of ether oxygens (including phenoxy) is 1. The average molecular weight is 279 g/mol. The zero-order valence-corrected chi connectivity index (χ0v) is 12.0. The minimum atomic E-state index is -2.89. The highest BCUT2D eigenvalue weighted by atomic mass is 31.2. The number of unbranched alkanes of at least 4 members (excludes halogenated alkanes) is 2. The average Bonchev–Trinajstić information content (AvgIpc) is 2.33. The molecular weight excluding hydrogens is 257 g/mol. The van der Waals surface area contributed by atoms with E-state index in [4.69, 9.17) is 19.3 Å². The first-order valence-corrected chi connectivity index (χ1v) is 7.88. The van der Waals surface area contributed by atoms with Gasteiger partial charge in [-0.15, -0.1) is 0 Å². The Hall–Kier alpha value is -0.580. The maximum absolute atomic E-state index is 12.1. The predicted molar refractivity (Wildman–Crippen MR) is 69.5 cm³/mol. The summed E-state index contributed by atoms with van der Waals surface area (Å²) in [4.78, 5) is 2.57. The third kappa shape index (κ3) is 9.45.